The maximum atomic E-state index is 12.2. The normalized spacial score (nSPS) is 14.3. The summed E-state index contributed by atoms with van der Waals surface area (Å²) < 4.78 is 5.39. The highest BCUT2D eigenvalue weighted by molar-refractivity contribution is 5.89. The Hall–Kier alpha value is -3.35. The van der Waals surface area contributed by atoms with E-state index in [0.717, 1.165) is 22.3 Å². The average molecular weight is 396 g/mol. The Balaban J connectivity index is 1.60. The van der Waals surface area contributed by atoms with Crippen LogP contribution in [-0.2, 0) is 14.3 Å². The topological polar surface area (TPSA) is 105 Å². The molecule has 3 N–H and O–H groups in total. The molecule has 7 heteroatoms. The van der Waals surface area contributed by atoms with E-state index in [2.05, 4.69) is 10.6 Å². The molecule has 0 aromatic heterocycles. The quantitative estimate of drug-likeness (QED) is 0.667. The van der Waals surface area contributed by atoms with Crippen LogP contribution in [0.25, 0.3) is 11.1 Å². The Morgan fingerprint density at radius 1 is 1.00 bits per heavy atom. The van der Waals surface area contributed by atoms with Crippen molar-refractivity contribution in [1.82, 2.24) is 10.6 Å². The van der Waals surface area contributed by atoms with Crippen LogP contribution in [0, 0.1) is 0 Å². The van der Waals surface area contributed by atoms with Gasteiger partial charge in [-0.25, -0.2) is 9.59 Å². The van der Waals surface area contributed by atoms with E-state index in [1.807, 2.05) is 48.5 Å². The monoisotopic (exact) mass is 396 g/mol. The second kappa shape index (κ2) is 8.77. The van der Waals surface area contributed by atoms with E-state index in [-0.39, 0.29) is 18.9 Å². The lowest BCUT2D eigenvalue weighted by Gasteiger charge is -2.19. The van der Waals surface area contributed by atoms with Crippen LogP contribution in [0.5, 0.6) is 0 Å². The minimum atomic E-state index is -1.12. The van der Waals surface area contributed by atoms with Crippen LogP contribution in [0.3, 0.4) is 0 Å². The highest BCUT2D eigenvalue weighted by Gasteiger charge is 2.29. The third-order valence-electron chi connectivity index (χ3n) is 5.09. The van der Waals surface area contributed by atoms with Crippen molar-refractivity contribution in [3.05, 3.63) is 59.7 Å². The molecule has 29 heavy (non-hydrogen) atoms. The fourth-order valence-electron chi connectivity index (χ4n) is 3.52. The minimum Gasteiger partial charge on any atom is -0.480 e. The van der Waals surface area contributed by atoms with Crippen molar-refractivity contribution in [2.45, 2.75) is 38.3 Å². The number of hydrogen-bond donors (Lipinski definition) is 3. The second-order valence-electron chi connectivity index (χ2n) is 7.00. The lowest BCUT2D eigenvalue weighted by molar-refractivity contribution is -0.142. The predicted molar refractivity (Wildman–Crippen MR) is 108 cm³/mol. The molecule has 0 saturated heterocycles. The van der Waals surface area contributed by atoms with E-state index in [0.29, 0.717) is 0 Å². The number of nitrogens with one attached hydrogen (secondary N) is 2. The van der Waals surface area contributed by atoms with Gasteiger partial charge in [0.25, 0.3) is 0 Å². The molecule has 0 aliphatic heterocycles. The lowest BCUT2D eigenvalue weighted by Crippen LogP contribution is -2.50. The SMILES string of the molecule is CCC(NC(=O)[C@@H](C)NC(=O)OCC1c2ccccc2-c2ccccc21)C(=O)O. The molecule has 0 bridgehead atoms. The number of fused-ring (bicyclic) bond motifs is 3. The highest BCUT2D eigenvalue weighted by atomic mass is 16.5. The highest BCUT2D eigenvalue weighted by Crippen LogP contribution is 2.44. The van der Waals surface area contributed by atoms with Gasteiger partial charge in [0.05, 0.1) is 0 Å². The first kappa shape index (κ1) is 20.4. The van der Waals surface area contributed by atoms with Gasteiger partial charge in [-0.2, -0.15) is 0 Å². The summed E-state index contributed by atoms with van der Waals surface area (Å²) in [5.41, 5.74) is 4.45. The zero-order valence-electron chi connectivity index (χ0n) is 16.3. The molecule has 2 aromatic rings. The molecule has 1 aliphatic carbocycles. The van der Waals surface area contributed by atoms with Crippen molar-refractivity contribution in [3.63, 3.8) is 0 Å². The maximum absolute atomic E-state index is 12.2. The van der Waals surface area contributed by atoms with Crippen LogP contribution in [0.1, 0.15) is 37.3 Å². The fraction of sp³-hybridized carbons (Fsp3) is 0.318. The zero-order valence-corrected chi connectivity index (χ0v) is 16.3. The average Bonchev–Trinajstić information content (AvgIpc) is 3.03. The Labute approximate surface area is 169 Å². The third kappa shape index (κ3) is 4.39. The number of benzene rings is 2. The molecule has 1 aliphatic rings. The molecular formula is C22H24N2O5. The molecule has 152 valence electrons. The summed E-state index contributed by atoms with van der Waals surface area (Å²) in [4.78, 5) is 35.3. The van der Waals surface area contributed by atoms with Crippen LogP contribution in [-0.4, -0.2) is 41.8 Å². The summed E-state index contributed by atoms with van der Waals surface area (Å²) in [5, 5.41) is 13.9. The Morgan fingerprint density at radius 2 is 1.55 bits per heavy atom. The minimum absolute atomic E-state index is 0.0752. The van der Waals surface area contributed by atoms with E-state index in [1.54, 1.807) is 6.92 Å². The molecule has 0 fully saturated rings. The molecule has 0 spiro atoms. The number of carboxylic acid groups (broad SMARTS) is 1. The number of ether oxygens (including phenoxy) is 1. The molecule has 2 atom stereocenters. The third-order valence-corrected chi connectivity index (χ3v) is 5.09. The second-order valence-corrected chi connectivity index (χ2v) is 7.00. The van der Waals surface area contributed by atoms with Crippen molar-refractivity contribution in [3.8, 4) is 11.1 Å². The summed E-state index contributed by atoms with van der Waals surface area (Å²) in [7, 11) is 0. The number of carbonyl (C=O) groups excluding carboxylic acids is 2. The fourth-order valence-corrected chi connectivity index (χ4v) is 3.52. The maximum Gasteiger partial charge on any atom is 0.407 e. The zero-order chi connectivity index (χ0) is 21.0. The van der Waals surface area contributed by atoms with Gasteiger partial charge in [-0.05, 0) is 35.6 Å². The van der Waals surface area contributed by atoms with Crippen molar-refractivity contribution in [2.75, 3.05) is 6.61 Å². The van der Waals surface area contributed by atoms with Crippen LogP contribution in [0.2, 0.25) is 0 Å². The standard InChI is InChI=1S/C22H24N2O5/c1-3-19(21(26)27)24-20(25)13(2)23-22(28)29-12-18-16-10-6-4-8-14(16)15-9-5-7-11-17(15)18/h4-11,13,18-19H,3,12H2,1-2H3,(H,23,28)(H,24,25)(H,26,27)/t13-,19?/m1/s1. The number of amides is 2. The van der Waals surface area contributed by atoms with Crippen LogP contribution in [0.4, 0.5) is 4.79 Å². The molecule has 2 amide bonds. The van der Waals surface area contributed by atoms with Crippen LogP contribution in [0.15, 0.2) is 48.5 Å². The molecule has 1 unspecified atom stereocenters. The molecule has 7 nitrogen and oxygen atoms in total. The van der Waals surface area contributed by atoms with Crippen molar-refractivity contribution in [1.29, 1.82) is 0 Å². The lowest BCUT2D eigenvalue weighted by atomic mass is 9.98. The van der Waals surface area contributed by atoms with Gasteiger partial charge in [-0.1, -0.05) is 55.5 Å². The van der Waals surface area contributed by atoms with E-state index >= 15 is 0 Å². The van der Waals surface area contributed by atoms with E-state index < -0.39 is 30.1 Å². The Bertz CT molecular complexity index is 881. The summed E-state index contributed by atoms with van der Waals surface area (Å²) in [6.07, 6.45) is -0.475. The van der Waals surface area contributed by atoms with Gasteiger partial charge >= 0.3 is 12.1 Å². The number of hydrogen-bond acceptors (Lipinski definition) is 4. The molecule has 2 aromatic carbocycles. The van der Waals surface area contributed by atoms with E-state index in [1.165, 1.54) is 6.92 Å². The van der Waals surface area contributed by atoms with Gasteiger partial charge in [-0.3, -0.25) is 4.79 Å². The Kier molecular flexibility index (Phi) is 6.16. The Morgan fingerprint density at radius 3 is 2.07 bits per heavy atom. The number of carboxylic acids is 1. The van der Waals surface area contributed by atoms with Gasteiger partial charge in [0.15, 0.2) is 0 Å². The summed E-state index contributed by atoms with van der Waals surface area (Å²) in [5.74, 6) is -1.77. The van der Waals surface area contributed by atoms with Gasteiger partial charge in [0.1, 0.15) is 18.7 Å². The number of alkyl carbamates (subject to hydrolysis) is 1. The van der Waals surface area contributed by atoms with Crippen LogP contribution < -0.4 is 10.6 Å². The first-order valence-corrected chi connectivity index (χ1v) is 9.57. The largest absolute Gasteiger partial charge is 0.480 e. The smallest absolute Gasteiger partial charge is 0.407 e. The van der Waals surface area contributed by atoms with Crippen molar-refractivity contribution < 1.29 is 24.2 Å². The van der Waals surface area contributed by atoms with Gasteiger partial charge in [0, 0.05) is 5.92 Å². The van der Waals surface area contributed by atoms with E-state index in [9.17, 15) is 14.4 Å². The van der Waals surface area contributed by atoms with Gasteiger partial charge in [-0.15, -0.1) is 0 Å². The number of aliphatic carboxylic acids is 1. The molecule has 0 saturated carbocycles. The molecular weight excluding hydrogens is 372 g/mol. The number of carbonyl (C=O) groups is 3. The van der Waals surface area contributed by atoms with Crippen molar-refractivity contribution in [2.24, 2.45) is 0 Å². The molecule has 0 radical (unpaired) electrons. The van der Waals surface area contributed by atoms with E-state index in [4.69, 9.17) is 9.84 Å². The summed E-state index contributed by atoms with van der Waals surface area (Å²) >= 11 is 0. The first-order chi connectivity index (χ1) is 13.9. The molecule has 0 heterocycles. The summed E-state index contributed by atoms with van der Waals surface area (Å²) in [6.45, 7) is 3.27. The van der Waals surface area contributed by atoms with Gasteiger partial charge < -0.3 is 20.5 Å². The van der Waals surface area contributed by atoms with Crippen LogP contribution >= 0.6 is 0 Å². The van der Waals surface area contributed by atoms with Gasteiger partial charge in [0.2, 0.25) is 5.91 Å². The number of rotatable bonds is 7. The van der Waals surface area contributed by atoms with Crippen molar-refractivity contribution >= 4 is 18.0 Å². The molecule has 3 rings (SSSR count). The first-order valence-electron chi connectivity index (χ1n) is 9.57. The predicted octanol–water partition coefficient (Wildman–Crippen LogP) is 2.89. The summed E-state index contributed by atoms with van der Waals surface area (Å²) in [6, 6.07) is 14.1.